The van der Waals surface area contributed by atoms with E-state index >= 15 is 0 Å². The molecule has 0 radical (unpaired) electrons. The lowest BCUT2D eigenvalue weighted by Gasteiger charge is -2.09. The van der Waals surface area contributed by atoms with E-state index in [1.165, 1.54) is 0 Å². The van der Waals surface area contributed by atoms with Gasteiger partial charge in [-0.1, -0.05) is 30.7 Å². The second-order valence-electron chi connectivity index (χ2n) is 6.09. The number of amides is 1. The van der Waals surface area contributed by atoms with Crippen LogP contribution >= 0.6 is 11.6 Å². The molecule has 0 saturated carbocycles. The average Bonchev–Trinajstić information content (AvgIpc) is 2.73. The van der Waals surface area contributed by atoms with E-state index in [1.807, 2.05) is 31.2 Å². The van der Waals surface area contributed by atoms with Gasteiger partial charge >= 0.3 is 0 Å². The van der Waals surface area contributed by atoms with Crippen LogP contribution in [-0.2, 0) is 6.61 Å². The summed E-state index contributed by atoms with van der Waals surface area (Å²) < 4.78 is 5.75. The number of hydrogen-bond donors (Lipinski definition) is 2. The molecule has 0 saturated heterocycles. The second-order valence-corrected chi connectivity index (χ2v) is 6.52. The third kappa shape index (κ3) is 5.69. The number of hydrogen-bond acceptors (Lipinski definition) is 5. The highest BCUT2D eigenvalue weighted by Gasteiger charge is 2.09. The number of rotatable bonds is 8. The molecule has 2 N–H and O–H groups in total. The molecule has 0 atom stereocenters. The molecule has 1 aromatic heterocycles. The van der Waals surface area contributed by atoms with Crippen molar-refractivity contribution in [1.82, 2.24) is 9.97 Å². The minimum Gasteiger partial charge on any atom is -0.489 e. The first-order valence-corrected chi connectivity index (χ1v) is 9.37. The SMILES string of the molecule is CCCNc1nccc(C(=O)Nc2ccc(OCc3ccc(Cl)cc3)cc2)n1. The van der Waals surface area contributed by atoms with Crippen LogP contribution in [0.4, 0.5) is 11.6 Å². The van der Waals surface area contributed by atoms with E-state index < -0.39 is 0 Å². The first-order valence-electron chi connectivity index (χ1n) is 8.99. The van der Waals surface area contributed by atoms with Gasteiger partial charge in [0.25, 0.3) is 5.91 Å². The lowest BCUT2D eigenvalue weighted by molar-refractivity contribution is 0.102. The number of nitrogens with one attached hydrogen (secondary N) is 2. The zero-order valence-electron chi connectivity index (χ0n) is 15.5. The first kappa shape index (κ1) is 19.6. The average molecular weight is 397 g/mol. The van der Waals surface area contributed by atoms with Crippen molar-refractivity contribution in [1.29, 1.82) is 0 Å². The van der Waals surface area contributed by atoms with Crippen molar-refractivity contribution in [3.05, 3.63) is 77.1 Å². The molecule has 144 valence electrons. The van der Waals surface area contributed by atoms with Crippen molar-refractivity contribution in [3.63, 3.8) is 0 Å². The van der Waals surface area contributed by atoms with Gasteiger partial charge in [0.1, 0.15) is 18.1 Å². The minimum absolute atomic E-state index is 0.295. The lowest BCUT2D eigenvalue weighted by Crippen LogP contribution is -2.15. The quantitative estimate of drug-likeness (QED) is 0.572. The Hall–Kier alpha value is -3.12. The predicted molar refractivity (Wildman–Crippen MR) is 111 cm³/mol. The fourth-order valence-electron chi connectivity index (χ4n) is 2.38. The van der Waals surface area contributed by atoms with E-state index in [2.05, 4.69) is 20.6 Å². The summed E-state index contributed by atoms with van der Waals surface area (Å²) in [6.07, 6.45) is 2.51. The summed E-state index contributed by atoms with van der Waals surface area (Å²) in [7, 11) is 0. The van der Waals surface area contributed by atoms with Crippen LogP contribution in [0.1, 0.15) is 29.4 Å². The standard InChI is InChI=1S/C21H21ClN4O2/c1-2-12-23-21-24-13-11-19(26-21)20(27)25-17-7-9-18(10-8-17)28-14-15-3-5-16(22)6-4-15/h3-11,13H,2,12,14H2,1H3,(H,25,27)(H,23,24,26). The second kappa shape index (κ2) is 9.71. The van der Waals surface area contributed by atoms with Gasteiger partial charge in [0.15, 0.2) is 0 Å². The van der Waals surface area contributed by atoms with Crippen molar-refractivity contribution in [2.24, 2.45) is 0 Å². The van der Waals surface area contributed by atoms with Gasteiger partial charge in [-0.3, -0.25) is 4.79 Å². The molecule has 0 aliphatic rings. The Morgan fingerprint density at radius 3 is 2.54 bits per heavy atom. The van der Waals surface area contributed by atoms with Crippen LogP contribution in [0.25, 0.3) is 0 Å². The smallest absolute Gasteiger partial charge is 0.274 e. The minimum atomic E-state index is -0.295. The van der Waals surface area contributed by atoms with Crippen molar-refractivity contribution in [3.8, 4) is 5.75 Å². The highest BCUT2D eigenvalue weighted by molar-refractivity contribution is 6.30. The number of carbonyl (C=O) groups excluding carboxylic acids is 1. The van der Waals surface area contributed by atoms with Crippen LogP contribution in [-0.4, -0.2) is 22.4 Å². The third-order valence-corrected chi connectivity index (χ3v) is 4.10. The van der Waals surface area contributed by atoms with Gasteiger partial charge in [-0.25, -0.2) is 9.97 Å². The molecule has 0 bridgehead atoms. The van der Waals surface area contributed by atoms with Crippen molar-refractivity contribution >= 4 is 29.1 Å². The van der Waals surface area contributed by atoms with Gasteiger partial charge in [-0.05, 0) is 54.4 Å². The largest absolute Gasteiger partial charge is 0.489 e. The molecule has 0 fully saturated rings. The van der Waals surface area contributed by atoms with Crippen LogP contribution in [0.5, 0.6) is 5.75 Å². The molecule has 1 heterocycles. The Kier molecular flexibility index (Phi) is 6.81. The molecule has 3 aromatic rings. The van der Waals surface area contributed by atoms with Crippen molar-refractivity contribution < 1.29 is 9.53 Å². The van der Waals surface area contributed by atoms with Gasteiger partial charge in [0.2, 0.25) is 5.95 Å². The van der Waals surface area contributed by atoms with E-state index in [1.54, 1.807) is 36.5 Å². The Balaban J connectivity index is 1.56. The number of aromatic nitrogens is 2. The maximum atomic E-state index is 12.4. The molecule has 2 aromatic carbocycles. The van der Waals surface area contributed by atoms with Crippen LogP contribution < -0.4 is 15.4 Å². The molecule has 0 unspecified atom stereocenters. The molecule has 0 spiro atoms. The number of halogens is 1. The van der Waals surface area contributed by atoms with Crippen molar-refractivity contribution in [2.45, 2.75) is 20.0 Å². The Bertz CT molecular complexity index is 914. The fourth-order valence-corrected chi connectivity index (χ4v) is 2.51. The molecule has 3 rings (SSSR count). The number of benzene rings is 2. The predicted octanol–water partition coefficient (Wildman–Crippen LogP) is 4.78. The lowest BCUT2D eigenvalue weighted by atomic mass is 10.2. The summed E-state index contributed by atoms with van der Waals surface area (Å²) in [5.41, 5.74) is 1.99. The third-order valence-electron chi connectivity index (χ3n) is 3.85. The van der Waals surface area contributed by atoms with Gasteiger partial charge in [0, 0.05) is 23.5 Å². The number of carbonyl (C=O) groups is 1. The first-order chi connectivity index (χ1) is 13.6. The summed E-state index contributed by atoms with van der Waals surface area (Å²) in [6, 6.07) is 16.3. The summed E-state index contributed by atoms with van der Waals surface area (Å²) in [5, 5.41) is 6.58. The molecular formula is C21H21ClN4O2. The van der Waals surface area contributed by atoms with Crippen LogP contribution in [0.2, 0.25) is 5.02 Å². The summed E-state index contributed by atoms with van der Waals surface area (Å²) in [6.45, 7) is 3.24. The number of anilines is 2. The van der Waals surface area contributed by atoms with Crippen LogP contribution in [0.3, 0.4) is 0 Å². The summed E-state index contributed by atoms with van der Waals surface area (Å²) in [5.74, 6) is 0.860. The zero-order chi connectivity index (χ0) is 19.8. The molecule has 7 heteroatoms. The highest BCUT2D eigenvalue weighted by Crippen LogP contribution is 2.18. The Morgan fingerprint density at radius 2 is 1.82 bits per heavy atom. The molecule has 0 aliphatic carbocycles. The number of nitrogens with zero attached hydrogens (tertiary/aromatic N) is 2. The van der Waals surface area contributed by atoms with Gasteiger partial charge < -0.3 is 15.4 Å². The van der Waals surface area contributed by atoms with E-state index in [0.717, 1.165) is 18.5 Å². The number of ether oxygens (including phenoxy) is 1. The summed E-state index contributed by atoms with van der Waals surface area (Å²) >= 11 is 5.88. The molecular weight excluding hydrogens is 376 g/mol. The van der Waals surface area contributed by atoms with Crippen LogP contribution in [0.15, 0.2) is 60.8 Å². The van der Waals surface area contributed by atoms with E-state index in [0.29, 0.717) is 34.7 Å². The van der Waals surface area contributed by atoms with Crippen LogP contribution in [0, 0.1) is 0 Å². The monoisotopic (exact) mass is 396 g/mol. The summed E-state index contributed by atoms with van der Waals surface area (Å²) in [4.78, 5) is 20.7. The molecule has 28 heavy (non-hydrogen) atoms. The maximum absolute atomic E-state index is 12.4. The van der Waals surface area contributed by atoms with Gasteiger partial charge in [0.05, 0.1) is 0 Å². The van der Waals surface area contributed by atoms with Gasteiger partial charge in [-0.2, -0.15) is 0 Å². The van der Waals surface area contributed by atoms with E-state index in [4.69, 9.17) is 16.3 Å². The topological polar surface area (TPSA) is 76.1 Å². The molecule has 0 aliphatic heterocycles. The maximum Gasteiger partial charge on any atom is 0.274 e. The van der Waals surface area contributed by atoms with E-state index in [-0.39, 0.29) is 5.91 Å². The van der Waals surface area contributed by atoms with Gasteiger partial charge in [-0.15, -0.1) is 0 Å². The molecule has 6 nitrogen and oxygen atoms in total. The van der Waals surface area contributed by atoms with E-state index in [9.17, 15) is 4.79 Å². The Labute approximate surface area is 168 Å². The normalized spacial score (nSPS) is 10.4. The zero-order valence-corrected chi connectivity index (χ0v) is 16.2. The van der Waals surface area contributed by atoms with Crippen molar-refractivity contribution in [2.75, 3.05) is 17.2 Å². The highest BCUT2D eigenvalue weighted by atomic mass is 35.5. The molecule has 1 amide bonds. The fraction of sp³-hybridized carbons (Fsp3) is 0.190. The Morgan fingerprint density at radius 1 is 1.07 bits per heavy atom.